The number of ether oxygens (including phenoxy) is 1. The molecule has 6 nitrogen and oxygen atoms in total. The molecule has 0 amide bonds. The Kier molecular flexibility index (Phi) is 4.78. The summed E-state index contributed by atoms with van der Waals surface area (Å²) in [7, 11) is 0. The number of carbonyl (C=O) groups excluding carboxylic acids is 1. The van der Waals surface area contributed by atoms with Crippen molar-refractivity contribution in [2.75, 3.05) is 0 Å². The van der Waals surface area contributed by atoms with Gasteiger partial charge >= 0.3 is 11.6 Å². The number of aryl methyl sites for hydroxylation is 1. The van der Waals surface area contributed by atoms with Crippen molar-refractivity contribution in [2.24, 2.45) is 0 Å². The first kappa shape index (κ1) is 20.4. The molecule has 0 radical (unpaired) electrons. The third-order valence-corrected chi connectivity index (χ3v) is 6.91. The maximum atomic E-state index is 13.0. The third-order valence-electron chi connectivity index (χ3n) is 5.82. The summed E-state index contributed by atoms with van der Waals surface area (Å²) in [5, 5.41) is 8.26. The average Bonchev–Trinajstić information content (AvgIpc) is 3.43. The van der Waals surface area contributed by atoms with Crippen LogP contribution in [0.1, 0.15) is 20.9 Å². The number of aromatic nitrogens is 2. The van der Waals surface area contributed by atoms with Crippen molar-refractivity contribution in [1.29, 1.82) is 0 Å². The highest BCUT2D eigenvalue weighted by atomic mass is 32.1. The second-order valence-corrected chi connectivity index (χ2v) is 9.02. The Morgan fingerprint density at radius 2 is 1.79 bits per heavy atom. The second kappa shape index (κ2) is 7.97. The van der Waals surface area contributed by atoms with Crippen LogP contribution in [-0.2, 0) is 11.3 Å². The van der Waals surface area contributed by atoms with E-state index in [0.717, 1.165) is 37.8 Å². The summed E-state index contributed by atoms with van der Waals surface area (Å²) in [6.45, 7) is 1.89. The van der Waals surface area contributed by atoms with Crippen LogP contribution in [0.2, 0.25) is 0 Å². The molecule has 0 saturated heterocycles. The molecular formula is C27H18N2O4S. The molecule has 0 aliphatic heterocycles. The average molecular weight is 467 g/mol. The first-order chi connectivity index (χ1) is 16.6. The van der Waals surface area contributed by atoms with Gasteiger partial charge < -0.3 is 9.15 Å². The Balaban J connectivity index is 1.35. The lowest BCUT2D eigenvalue weighted by Gasteiger charge is -2.09. The topological polar surface area (TPSA) is 74.3 Å². The van der Waals surface area contributed by atoms with Gasteiger partial charge in [-0.25, -0.2) is 14.3 Å². The van der Waals surface area contributed by atoms with Crippen LogP contribution in [0.3, 0.4) is 0 Å². The predicted octanol–water partition coefficient (Wildman–Crippen LogP) is 6.01. The summed E-state index contributed by atoms with van der Waals surface area (Å²) in [5.74, 6) is -0.443. The first-order valence-corrected chi connectivity index (χ1v) is 11.6. The lowest BCUT2D eigenvalue weighted by atomic mass is 10.0. The highest BCUT2D eigenvalue weighted by molar-refractivity contribution is 7.20. The summed E-state index contributed by atoms with van der Waals surface area (Å²) in [5.41, 5.74) is 2.38. The second-order valence-electron chi connectivity index (χ2n) is 7.99. The van der Waals surface area contributed by atoms with Crippen molar-refractivity contribution in [3.05, 3.63) is 105 Å². The van der Waals surface area contributed by atoms with Crippen LogP contribution >= 0.6 is 11.3 Å². The highest BCUT2D eigenvalue weighted by Crippen LogP contribution is 2.32. The number of para-hydroxylation sites is 1. The molecule has 0 saturated carbocycles. The fraction of sp³-hybridized carbons (Fsp3) is 0.0741. The predicted molar refractivity (Wildman–Crippen MR) is 133 cm³/mol. The number of carbonyl (C=O) groups is 1. The van der Waals surface area contributed by atoms with Gasteiger partial charge in [-0.3, -0.25) is 0 Å². The number of fused-ring (bicyclic) bond motifs is 4. The van der Waals surface area contributed by atoms with E-state index in [1.54, 1.807) is 6.07 Å². The summed E-state index contributed by atoms with van der Waals surface area (Å²) >= 11 is 1.34. The molecule has 0 spiro atoms. The van der Waals surface area contributed by atoms with Crippen molar-refractivity contribution >= 4 is 49.3 Å². The molecule has 7 heteroatoms. The Labute approximate surface area is 197 Å². The van der Waals surface area contributed by atoms with Gasteiger partial charge in [-0.2, -0.15) is 5.10 Å². The van der Waals surface area contributed by atoms with Crippen molar-refractivity contribution in [2.45, 2.75) is 13.5 Å². The summed E-state index contributed by atoms with van der Waals surface area (Å²) in [6.07, 6.45) is 0. The van der Waals surface area contributed by atoms with Gasteiger partial charge in [0.25, 0.3) is 0 Å². The van der Waals surface area contributed by atoms with Gasteiger partial charge in [-0.05, 0) is 42.0 Å². The van der Waals surface area contributed by atoms with Crippen molar-refractivity contribution < 1.29 is 13.9 Å². The van der Waals surface area contributed by atoms with E-state index in [2.05, 4.69) is 5.10 Å². The molecule has 0 fully saturated rings. The van der Waals surface area contributed by atoms with Gasteiger partial charge in [0.15, 0.2) is 0 Å². The minimum absolute atomic E-state index is 0.0347. The van der Waals surface area contributed by atoms with E-state index in [1.165, 1.54) is 17.4 Å². The van der Waals surface area contributed by atoms with Crippen molar-refractivity contribution in [3.63, 3.8) is 0 Å². The molecule has 3 aromatic heterocycles. The zero-order valence-corrected chi connectivity index (χ0v) is 19.0. The van der Waals surface area contributed by atoms with E-state index in [1.807, 2.05) is 78.3 Å². The molecule has 0 aliphatic carbocycles. The van der Waals surface area contributed by atoms with Crippen LogP contribution in [0, 0.1) is 6.92 Å². The maximum absolute atomic E-state index is 13.0. The monoisotopic (exact) mass is 466 g/mol. The zero-order chi connectivity index (χ0) is 23.2. The molecule has 6 rings (SSSR count). The van der Waals surface area contributed by atoms with Crippen molar-refractivity contribution in [3.8, 4) is 5.69 Å². The molecule has 0 aliphatic rings. The molecule has 3 heterocycles. The molecule has 3 aromatic carbocycles. The number of esters is 1. The van der Waals surface area contributed by atoms with Crippen LogP contribution in [0.4, 0.5) is 0 Å². The Bertz CT molecular complexity index is 1760. The fourth-order valence-corrected chi connectivity index (χ4v) is 5.32. The van der Waals surface area contributed by atoms with Crippen LogP contribution < -0.4 is 5.63 Å². The number of hydrogen-bond acceptors (Lipinski definition) is 6. The van der Waals surface area contributed by atoms with E-state index < -0.39 is 11.6 Å². The summed E-state index contributed by atoms with van der Waals surface area (Å²) in [4.78, 5) is 26.5. The lowest BCUT2D eigenvalue weighted by Crippen LogP contribution is -2.07. The van der Waals surface area contributed by atoms with Crippen LogP contribution in [0.25, 0.3) is 37.6 Å². The minimum Gasteiger partial charge on any atom is -0.457 e. The van der Waals surface area contributed by atoms with E-state index in [4.69, 9.17) is 9.15 Å². The van der Waals surface area contributed by atoms with Gasteiger partial charge in [0.05, 0.1) is 11.4 Å². The number of benzene rings is 3. The molecule has 0 unspecified atom stereocenters. The van der Waals surface area contributed by atoms with Gasteiger partial charge in [-0.15, -0.1) is 11.3 Å². The van der Waals surface area contributed by atoms with Gasteiger partial charge in [-0.1, -0.05) is 48.5 Å². The number of thiophene rings is 1. The van der Waals surface area contributed by atoms with Crippen LogP contribution in [0.5, 0.6) is 0 Å². The van der Waals surface area contributed by atoms with Crippen LogP contribution in [0.15, 0.2) is 88.1 Å². The quantitative estimate of drug-likeness (QED) is 0.181. The smallest absolute Gasteiger partial charge is 0.348 e. The standard InChI is InChI=1S/C27H18N2O4S/c1-16-21-14-23(34-26(21)29(28-16)19-8-3-2-4-9-19)27(31)32-15-18-13-24(30)33-22-12-11-17-7-5-6-10-20(17)25(18)22/h2-14H,15H2,1H3. The fourth-order valence-electron chi connectivity index (χ4n) is 4.24. The molecule has 166 valence electrons. The molecule has 0 atom stereocenters. The molecule has 0 N–H and O–H groups in total. The summed E-state index contributed by atoms with van der Waals surface area (Å²) in [6, 6.07) is 24.5. The molecule has 6 aromatic rings. The number of nitrogens with zero attached hydrogens (tertiary/aromatic N) is 2. The Morgan fingerprint density at radius 1 is 1.00 bits per heavy atom. The zero-order valence-electron chi connectivity index (χ0n) is 18.1. The van der Waals surface area contributed by atoms with Crippen LogP contribution in [-0.4, -0.2) is 15.7 Å². The van der Waals surface area contributed by atoms with E-state index >= 15 is 0 Å². The largest absolute Gasteiger partial charge is 0.457 e. The van der Waals surface area contributed by atoms with Gasteiger partial charge in [0.2, 0.25) is 0 Å². The number of hydrogen-bond donors (Lipinski definition) is 0. The SMILES string of the molecule is Cc1nn(-c2ccccc2)c2sc(C(=O)OCc3cc(=O)oc4ccc5ccccc5c34)cc12. The third kappa shape index (κ3) is 3.38. The van der Waals surface area contributed by atoms with Crippen molar-refractivity contribution in [1.82, 2.24) is 9.78 Å². The van der Waals surface area contributed by atoms with E-state index in [-0.39, 0.29) is 6.61 Å². The normalized spacial score (nSPS) is 11.4. The molecule has 34 heavy (non-hydrogen) atoms. The molecular weight excluding hydrogens is 448 g/mol. The van der Waals surface area contributed by atoms with Gasteiger partial charge in [0.1, 0.15) is 21.9 Å². The Morgan fingerprint density at radius 3 is 2.65 bits per heavy atom. The van der Waals surface area contributed by atoms with Gasteiger partial charge in [0, 0.05) is 22.4 Å². The lowest BCUT2D eigenvalue weighted by molar-refractivity contribution is 0.0480. The minimum atomic E-state index is -0.478. The highest BCUT2D eigenvalue weighted by Gasteiger charge is 2.19. The molecule has 0 bridgehead atoms. The number of rotatable bonds is 4. The summed E-state index contributed by atoms with van der Waals surface area (Å²) < 4.78 is 12.9. The Hall–Kier alpha value is -4.23. The van der Waals surface area contributed by atoms with E-state index in [0.29, 0.717) is 16.0 Å². The van der Waals surface area contributed by atoms with E-state index in [9.17, 15) is 9.59 Å². The first-order valence-electron chi connectivity index (χ1n) is 10.7. The maximum Gasteiger partial charge on any atom is 0.348 e.